The Bertz CT molecular complexity index is 389. The van der Waals surface area contributed by atoms with Gasteiger partial charge in [0.2, 0.25) is 0 Å². The second-order valence-electron chi connectivity index (χ2n) is 2.99. The van der Waals surface area contributed by atoms with Crippen LogP contribution < -0.4 is 10.6 Å². The summed E-state index contributed by atoms with van der Waals surface area (Å²) in [7, 11) is 0. The van der Waals surface area contributed by atoms with Crippen LogP contribution in [0.2, 0.25) is 0 Å². The van der Waals surface area contributed by atoms with Crippen LogP contribution in [0.3, 0.4) is 0 Å². The minimum absolute atomic E-state index is 0.0570. The molecule has 0 unspecified atom stereocenters. The molecule has 0 aliphatic rings. The monoisotopic (exact) mass is 266 g/mol. The SMILES string of the molecule is O=C(NCCNC(=O)C(F)(F)F)c1cccs1. The molecule has 0 fully saturated rings. The molecule has 1 heterocycles. The van der Waals surface area contributed by atoms with E-state index in [9.17, 15) is 22.8 Å². The van der Waals surface area contributed by atoms with Crippen molar-refractivity contribution in [2.24, 2.45) is 0 Å². The summed E-state index contributed by atoms with van der Waals surface area (Å²) < 4.78 is 35.3. The highest BCUT2D eigenvalue weighted by atomic mass is 32.1. The first kappa shape index (κ1) is 13.5. The summed E-state index contributed by atoms with van der Waals surface area (Å²) in [6.07, 6.45) is -4.89. The zero-order chi connectivity index (χ0) is 12.9. The van der Waals surface area contributed by atoms with Crippen LogP contribution in [0.4, 0.5) is 13.2 Å². The Morgan fingerprint density at radius 3 is 2.41 bits per heavy atom. The van der Waals surface area contributed by atoms with Gasteiger partial charge in [0.25, 0.3) is 5.91 Å². The van der Waals surface area contributed by atoms with E-state index >= 15 is 0 Å². The third kappa shape index (κ3) is 4.43. The predicted octanol–water partition coefficient (Wildman–Crippen LogP) is 1.16. The number of carbonyl (C=O) groups is 2. The van der Waals surface area contributed by atoms with Crippen LogP contribution in [0, 0.1) is 0 Å². The van der Waals surface area contributed by atoms with E-state index in [-0.39, 0.29) is 19.0 Å². The van der Waals surface area contributed by atoms with Crippen LogP contribution >= 0.6 is 11.3 Å². The number of hydrogen-bond acceptors (Lipinski definition) is 3. The van der Waals surface area contributed by atoms with Gasteiger partial charge in [0.05, 0.1) is 4.88 Å². The zero-order valence-corrected chi connectivity index (χ0v) is 9.32. The first-order valence-corrected chi connectivity index (χ1v) is 5.46. The standard InChI is InChI=1S/C9H9F3N2O2S/c10-9(11,12)8(16)14-4-3-13-7(15)6-2-1-5-17-6/h1-2,5H,3-4H2,(H,13,15)(H,14,16). The van der Waals surface area contributed by atoms with E-state index in [1.54, 1.807) is 22.8 Å². The van der Waals surface area contributed by atoms with Crippen molar-refractivity contribution in [2.45, 2.75) is 6.18 Å². The Morgan fingerprint density at radius 1 is 1.24 bits per heavy atom. The molecule has 0 aliphatic heterocycles. The summed E-state index contributed by atoms with van der Waals surface area (Å²) in [6, 6.07) is 3.28. The minimum atomic E-state index is -4.89. The van der Waals surface area contributed by atoms with Crippen LogP contribution in [0.15, 0.2) is 17.5 Å². The van der Waals surface area contributed by atoms with Gasteiger partial charge < -0.3 is 10.6 Å². The first-order valence-electron chi connectivity index (χ1n) is 4.58. The molecular weight excluding hydrogens is 257 g/mol. The third-order valence-electron chi connectivity index (χ3n) is 1.70. The highest BCUT2D eigenvalue weighted by Crippen LogP contribution is 2.13. The van der Waals surface area contributed by atoms with Crippen LogP contribution in [-0.2, 0) is 4.79 Å². The summed E-state index contributed by atoms with van der Waals surface area (Å²) >= 11 is 1.22. The lowest BCUT2D eigenvalue weighted by molar-refractivity contribution is -0.173. The number of nitrogens with one attached hydrogen (secondary N) is 2. The second-order valence-corrected chi connectivity index (χ2v) is 3.93. The Labute approximate surface area is 98.8 Å². The third-order valence-corrected chi connectivity index (χ3v) is 2.57. The number of alkyl halides is 3. The van der Waals surface area contributed by atoms with Gasteiger partial charge in [-0.05, 0) is 11.4 Å². The van der Waals surface area contributed by atoms with Gasteiger partial charge in [-0.3, -0.25) is 9.59 Å². The molecule has 0 saturated heterocycles. The van der Waals surface area contributed by atoms with E-state index in [0.717, 1.165) is 0 Å². The van der Waals surface area contributed by atoms with Gasteiger partial charge >= 0.3 is 12.1 Å². The summed E-state index contributed by atoms with van der Waals surface area (Å²) in [5.41, 5.74) is 0. The molecule has 0 spiro atoms. The molecule has 1 rings (SSSR count). The number of rotatable bonds is 4. The fourth-order valence-corrected chi connectivity index (χ4v) is 1.59. The molecule has 0 radical (unpaired) electrons. The summed E-state index contributed by atoms with van der Waals surface area (Å²) in [5, 5.41) is 5.74. The second kappa shape index (κ2) is 5.67. The Kier molecular flexibility index (Phi) is 4.50. The van der Waals surface area contributed by atoms with Gasteiger partial charge in [0, 0.05) is 13.1 Å². The fraction of sp³-hybridized carbons (Fsp3) is 0.333. The molecule has 2 N–H and O–H groups in total. The smallest absolute Gasteiger partial charge is 0.350 e. The largest absolute Gasteiger partial charge is 0.471 e. The van der Waals surface area contributed by atoms with Crippen molar-refractivity contribution in [1.29, 1.82) is 0 Å². The molecule has 0 aromatic carbocycles. The molecule has 17 heavy (non-hydrogen) atoms. The molecule has 0 bridgehead atoms. The lowest BCUT2D eigenvalue weighted by Gasteiger charge is -2.08. The Morgan fingerprint density at radius 2 is 1.88 bits per heavy atom. The van der Waals surface area contributed by atoms with Crippen molar-refractivity contribution < 1.29 is 22.8 Å². The number of carbonyl (C=O) groups excluding carboxylic acids is 2. The van der Waals surface area contributed by atoms with E-state index in [1.807, 2.05) is 0 Å². The maximum atomic E-state index is 11.8. The maximum Gasteiger partial charge on any atom is 0.471 e. The summed E-state index contributed by atoms with van der Waals surface area (Å²) in [5.74, 6) is -2.39. The van der Waals surface area contributed by atoms with Gasteiger partial charge in [-0.2, -0.15) is 13.2 Å². The van der Waals surface area contributed by atoms with Crippen LogP contribution in [0.5, 0.6) is 0 Å². The topological polar surface area (TPSA) is 58.2 Å². The van der Waals surface area contributed by atoms with Crippen molar-refractivity contribution in [3.05, 3.63) is 22.4 Å². The number of halogens is 3. The molecule has 2 amide bonds. The molecule has 4 nitrogen and oxygen atoms in total. The minimum Gasteiger partial charge on any atom is -0.350 e. The molecule has 0 aliphatic carbocycles. The number of hydrogen-bond donors (Lipinski definition) is 2. The average Bonchev–Trinajstić information content (AvgIpc) is 2.75. The van der Waals surface area contributed by atoms with Gasteiger partial charge in [-0.1, -0.05) is 6.07 Å². The highest BCUT2D eigenvalue weighted by molar-refractivity contribution is 7.12. The predicted molar refractivity (Wildman–Crippen MR) is 55.7 cm³/mol. The summed E-state index contributed by atoms with van der Waals surface area (Å²) in [4.78, 5) is 22.2. The van der Waals surface area contributed by atoms with Gasteiger partial charge in [0.15, 0.2) is 0 Å². The Balaban J connectivity index is 2.21. The van der Waals surface area contributed by atoms with Crippen LogP contribution in [0.1, 0.15) is 9.67 Å². The van der Waals surface area contributed by atoms with Gasteiger partial charge in [0.1, 0.15) is 0 Å². The van der Waals surface area contributed by atoms with E-state index < -0.39 is 12.1 Å². The van der Waals surface area contributed by atoms with Crippen molar-refractivity contribution >= 4 is 23.2 Å². The maximum absolute atomic E-state index is 11.8. The number of thiophene rings is 1. The van der Waals surface area contributed by atoms with E-state index in [4.69, 9.17) is 0 Å². The molecule has 0 saturated carbocycles. The van der Waals surface area contributed by atoms with E-state index in [1.165, 1.54) is 11.3 Å². The van der Waals surface area contributed by atoms with Gasteiger partial charge in [-0.15, -0.1) is 11.3 Å². The van der Waals surface area contributed by atoms with Crippen molar-refractivity contribution in [3.8, 4) is 0 Å². The highest BCUT2D eigenvalue weighted by Gasteiger charge is 2.38. The fourth-order valence-electron chi connectivity index (χ4n) is 0.947. The van der Waals surface area contributed by atoms with Gasteiger partial charge in [-0.25, -0.2) is 0 Å². The van der Waals surface area contributed by atoms with Crippen LogP contribution in [0.25, 0.3) is 0 Å². The molecule has 1 aromatic rings. The zero-order valence-electron chi connectivity index (χ0n) is 8.50. The first-order chi connectivity index (χ1) is 7.91. The molecule has 0 atom stereocenters. The summed E-state index contributed by atoms with van der Waals surface area (Å²) in [6.45, 7) is -0.325. The van der Waals surface area contributed by atoms with Crippen LogP contribution in [-0.4, -0.2) is 31.1 Å². The van der Waals surface area contributed by atoms with Crippen molar-refractivity contribution in [3.63, 3.8) is 0 Å². The van der Waals surface area contributed by atoms with E-state index in [2.05, 4.69) is 5.32 Å². The van der Waals surface area contributed by atoms with Crippen molar-refractivity contribution in [1.82, 2.24) is 10.6 Å². The molecule has 1 aromatic heterocycles. The Hall–Kier alpha value is -1.57. The quantitative estimate of drug-likeness (QED) is 0.803. The normalized spacial score (nSPS) is 11.0. The molecular formula is C9H9F3N2O2S. The van der Waals surface area contributed by atoms with Crippen molar-refractivity contribution in [2.75, 3.05) is 13.1 Å². The lowest BCUT2D eigenvalue weighted by Crippen LogP contribution is -2.41. The molecule has 8 heteroatoms. The number of amides is 2. The van der Waals surface area contributed by atoms with E-state index in [0.29, 0.717) is 4.88 Å². The molecule has 94 valence electrons. The lowest BCUT2D eigenvalue weighted by atomic mass is 10.4. The average molecular weight is 266 g/mol.